The van der Waals surface area contributed by atoms with E-state index in [4.69, 9.17) is 9.15 Å². The van der Waals surface area contributed by atoms with E-state index in [9.17, 15) is 19.8 Å². The lowest BCUT2D eigenvalue weighted by Gasteiger charge is -2.28. The van der Waals surface area contributed by atoms with Gasteiger partial charge in [0.1, 0.15) is 34.5 Å². The van der Waals surface area contributed by atoms with Crippen LogP contribution in [0.2, 0.25) is 0 Å². The fourth-order valence-corrected chi connectivity index (χ4v) is 3.58. The molecule has 0 bridgehead atoms. The van der Waals surface area contributed by atoms with E-state index < -0.39 is 0 Å². The number of hydrogen-bond donors (Lipinski definition) is 2. The fraction of sp³-hybridized carbons (Fsp3) is 0.238. The Balaban J connectivity index is 2.01. The van der Waals surface area contributed by atoms with Crippen molar-refractivity contribution < 1.29 is 24.2 Å². The molecule has 2 aromatic carbocycles. The van der Waals surface area contributed by atoms with Gasteiger partial charge in [-0.25, -0.2) is 0 Å². The molecule has 3 aromatic rings. The van der Waals surface area contributed by atoms with E-state index in [1.807, 2.05) is 13.8 Å². The summed E-state index contributed by atoms with van der Waals surface area (Å²) in [6.45, 7) is 3.96. The van der Waals surface area contributed by atoms with Crippen molar-refractivity contribution >= 4 is 16.9 Å². The Morgan fingerprint density at radius 1 is 1.11 bits per heavy atom. The summed E-state index contributed by atoms with van der Waals surface area (Å²) in [5, 5.41) is 19.9. The summed E-state index contributed by atoms with van der Waals surface area (Å²) in [4.78, 5) is 25.0. The van der Waals surface area contributed by atoms with Crippen LogP contribution in [0.25, 0.3) is 22.1 Å². The molecule has 0 saturated heterocycles. The van der Waals surface area contributed by atoms with Crippen LogP contribution in [0.15, 0.2) is 45.8 Å². The van der Waals surface area contributed by atoms with Crippen molar-refractivity contribution in [1.82, 2.24) is 0 Å². The minimum Gasteiger partial charge on any atom is -0.508 e. The normalized spacial score (nSPS) is 16.4. The maximum Gasteiger partial charge on any atom is 0.311 e. The number of hydrogen-bond acceptors (Lipinski definition) is 6. The van der Waals surface area contributed by atoms with Gasteiger partial charge in [0, 0.05) is 17.5 Å². The van der Waals surface area contributed by atoms with Crippen molar-refractivity contribution in [3.8, 4) is 28.4 Å². The van der Waals surface area contributed by atoms with E-state index in [1.165, 1.54) is 24.5 Å². The predicted octanol–water partition coefficient (Wildman–Crippen LogP) is 3.92. The van der Waals surface area contributed by atoms with Gasteiger partial charge in [-0.2, -0.15) is 0 Å². The SMILES string of the molecule is CC(C)C1CC(=O)Oc2cc(O)c3c(=O)c(-c4ccc(O)cc4)coc3c21. The number of fused-ring (bicyclic) bond motifs is 3. The van der Waals surface area contributed by atoms with Crippen LogP contribution < -0.4 is 10.2 Å². The highest BCUT2D eigenvalue weighted by atomic mass is 16.5. The number of esters is 1. The molecule has 0 fully saturated rings. The lowest BCUT2D eigenvalue weighted by Crippen LogP contribution is -2.24. The van der Waals surface area contributed by atoms with Gasteiger partial charge in [-0.05, 0) is 23.6 Å². The standard InChI is InChI=1S/C21H18O6/c1-10(2)13-7-17(24)27-16-8-15(23)19-20(25)14(9-26-21(19)18(13)16)11-3-5-12(22)6-4-11/h3-6,8-10,13,22-23H,7H2,1-2H3. The first kappa shape index (κ1) is 17.1. The number of benzene rings is 2. The van der Waals surface area contributed by atoms with E-state index in [0.29, 0.717) is 11.1 Å². The molecule has 138 valence electrons. The second-order valence-electron chi connectivity index (χ2n) is 7.07. The Hall–Kier alpha value is -3.28. The number of phenolic OH excluding ortho intramolecular Hbond substituents is 2. The molecule has 1 atom stereocenters. The monoisotopic (exact) mass is 366 g/mol. The Morgan fingerprint density at radius 2 is 1.81 bits per heavy atom. The molecule has 6 heteroatoms. The number of aromatic hydroxyl groups is 2. The molecule has 0 radical (unpaired) electrons. The number of rotatable bonds is 2. The lowest BCUT2D eigenvalue weighted by atomic mass is 9.82. The van der Waals surface area contributed by atoms with Gasteiger partial charge in [0.05, 0.1) is 12.0 Å². The third kappa shape index (κ3) is 2.73. The van der Waals surface area contributed by atoms with Crippen LogP contribution in [0.4, 0.5) is 0 Å². The van der Waals surface area contributed by atoms with Gasteiger partial charge < -0.3 is 19.4 Å². The Kier molecular flexibility index (Phi) is 3.91. The minimum absolute atomic E-state index is 0.0583. The first-order valence-corrected chi connectivity index (χ1v) is 8.68. The first-order chi connectivity index (χ1) is 12.9. The van der Waals surface area contributed by atoms with Crippen molar-refractivity contribution in [2.75, 3.05) is 0 Å². The summed E-state index contributed by atoms with van der Waals surface area (Å²) in [5.41, 5.74) is 1.32. The van der Waals surface area contributed by atoms with Gasteiger partial charge >= 0.3 is 5.97 Å². The summed E-state index contributed by atoms with van der Waals surface area (Å²) >= 11 is 0. The van der Waals surface area contributed by atoms with Gasteiger partial charge in [0.25, 0.3) is 0 Å². The summed E-state index contributed by atoms with van der Waals surface area (Å²) in [6.07, 6.45) is 1.53. The summed E-state index contributed by atoms with van der Waals surface area (Å²) in [6, 6.07) is 7.45. The van der Waals surface area contributed by atoms with Crippen LogP contribution in [0.3, 0.4) is 0 Å². The number of ether oxygens (including phenoxy) is 1. The lowest BCUT2D eigenvalue weighted by molar-refractivity contribution is -0.136. The molecule has 1 aliphatic rings. The maximum atomic E-state index is 13.1. The average Bonchev–Trinajstić information content (AvgIpc) is 2.61. The van der Waals surface area contributed by atoms with E-state index in [0.717, 1.165) is 0 Å². The van der Waals surface area contributed by atoms with E-state index in [1.54, 1.807) is 12.1 Å². The van der Waals surface area contributed by atoms with Crippen molar-refractivity contribution in [1.29, 1.82) is 0 Å². The molecule has 1 unspecified atom stereocenters. The average molecular weight is 366 g/mol. The maximum absolute atomic E-state index is 13.1. The smallest absolute Gasteiger partial charge is 0.311 e. The molecular weight excluding hydrogens is 348 g/mol. The Labute approximate surface area is 154 Å². The van der Waals surface area contributed by atoms with Gasteiger partial charge in [-0.15, -0.1) is 0 Å². The largest absolute Gasteiger partial charge is 0.508 e. The van der Waals surface area contributed by atoms with Crippen molar-refractivity contribution in [2.45, 2.75) is 26.2 Å². The second-order valence-corrected chi connectivity index (χ2v) is 7.07. The zero-order valence-corrected chi connectivity index (χ0v) is 14.9. The van der Waals surface area contributed by atoms with E-state index >= 15 is 0 Å². The summed E-state index contributed by atoms with van der Waals surface area (Å²) in [5.74, 6) is -0.408. The summed E-state index contributed by atoms with van der Waals surface area (Å²) in [7, 11) is 0. The molecule has 2 N–H and O–H groups in total. The van der Waals surface area contributed by atoms with Gasteiger partial charge in [0.2, 0.25) is 5.43 Å². The zero-order chi connectivity index (χ0) is 19.3. The zero-order valence-electron chi connectivity index (χ0n) is 14.9. The van der Waals surface area contributed by atoms with Crippen LogP contribution in [-0.4, -0.2) is 16.2 Å². The molecule has 27 heavy (non-hydrogen) atoms. The highest BCUT2D eigenvalue weighted by molar-refractivity contribution is 5.93. The molecule has 0 amide bonds. The van der Waals surface area contributed by atoms with Gasteiger partial charge in [-0.1, -0.05) is 26.0 Å². The van der Waals surface area contributed by atoms with Crippen LogP contribution >= 0.6 is 0 Å². The Morgan fingerprint density at radius 3 is 2.48 bits per heavy atom. The Bertz CT molecular complexity index is 1110. The van der Waals surface area contributed by atoms with E-state index in [2.05, 4.69) is 0 Å². The topological polar surface area (TPSA) is 97.0 Å². The van der Waals surface area contributed by atoms with Gasteiger partial charge in [-0.3, -0.25) is 9.59 Å². The van der Waals surface area contributed by atoms with Crippen LogP contribution in [-0.2, 0) is 4.79 Å². The summed E-state index contributed by atoms with van der Waals surface area (Å²) < 4.78 is 11.1. The van der Waals surface area contributed by atoms with Crippen LogP contribution in [0.1, 0.15) is 31.7 Å². The van der Waals surface area contributed by atoms with Crippen molar-refractivity contribution in [2.24, 2.45) is 5.92 Å². The highest BCUT2D eigenvalue weighted by Crippen LogP contribution is 2.45. The first-order valence-electron chi connectivity index (χ1n) is 8.68. The molecule has 0 saturated carbocycles. The molecule has 1 aromatic heterocycles. The predicted molar refractivity (Wildman–Crippen MR) is 99.1 cm³/mol. The fourth-order valence-electron chi connectivity index (χ4n) is 3.58. The molecule has 2 heterocycles. The molecule has 0 spiro atoms. The minimum atomic E-state index is -0.387. The van der Waals surface area contributed by atoms with Crippen LogP contribution in [0, 0.1) is 5.92 Å². The van der Waals surface area contributed by atoms with Crippen LogP contribution in [0.5, 0.6) is 17.2 Å². The molecule has 0 aliphatic carbocycles. The van der Waals surface area contributed by atoms with E-state index in [-0.39, 0.29) is 63.4 Å². The molecule has 6 nitrogen and oxygen atoms in total. The van der Waals surface area contributed by atoms with Crippen molar-refractivity contribution in [3.63, 3.8) is 0 Å². The molecule has 4 rings (SSSR count). The number of carbonyl (C=O) groups excluding carboxylic acids is 1. The molecular formula is C21H18O6. The van der Waals surface area contributed by atoms with Gasteiger partial charge in [0.15, 0.2) is 0 Å². The third-order valence-corrected chi connectivity index (χ3v) is 4.99. The second kappa shape index (κ2) is 6.16. The molecule has 1 aliphatic heterocycles. The number of carbonyl (C=O) groups is 1. The quantitative estimate of drug-likeness (QED) is 0.527. The third-order valence-electron chi connectivity index (χ3n) is 4.99. The number of phenols is 2. The highest BCUT2D eigenvalue weighted by Gasteiger charge is 2.34. The van der Waals surface area contributed by atoms with Crippen molar-refractivity contribution in [3.05, 3.63) is 52.4 Å².